The van der Waals surface area contributed by atoms with Crippen molar-refractivity contribution in [3.05, 3.63) is 80.7 Å². The first-order chi connectivity index (χ1) is 14.8. The van der Waals surface area contributed by atoms with Crippen LogP contribution in [0.25, 0.3) is 0 Å². The van der Waals surface area contributed by atoms with E-state index in [0.29, 0.717) is 26.7 Å². The van der Waals surface area contributed by atoms with E-state index in [4.69, 9.17) is 16.3 Å². The van der Waals surface area contributed by atoms with Crippen LogP contribution in [0.15, 0.2) is 48.5 Å². The highest BCUT2D eigenvalue weighted by atomic mass is 35.5. The van der Waals surface area contributed by atoms with Gasteiger partial charge in [-0.15, -0.1) is 11.3 Å². The van der Waals surface area contributed by atoms with Crippen molar-refractivity contribution in [2.75, 3.05) is 17.2 Å². The van der Waals surface area contributed by atoms with Gasteiger partial charge in [-0.3, -0.25) is 9.59 Å². The van der Waals surface area contributed by atoms with Gasteiger partial charge < -0.3 is 15.4 Å². The molecule has 0 fully saturated rings. The van der Waals surface area contributed by atoms with Gasteiger partial charge in [-0.1, -0.05) is 35.4 Å². The third-order valence-electron chi connectivity index (χ3n) is 4.46. The average molecular weight is 457 g/mol. The highest BCUT2D eigenvalue weighted by molar-refractivity contribution is 7.19. The van der Waals surface area contributed by atoms with Gasteiger partial charge >= 0.3 is 5.97 Å². The molecule has 1 heterocycles. The smallest absolute Gasteiger partial charge is 0.341 e. The summed E-state index contributed by atoms with van der Waals surface area (Å²) >= 11 is 7.00. The van der Waals surface area contributed by atoms with Crippen molar-refractivity contribution in [3.63, 3.8) is 0 Å². The molecule has 2 aromatic carbocycles. The largest absolute Gasteiger partial charge is 0.462 e. The fourth-order valence-corrected chi connectivity index (χ4v) is 4.18. The van der Waals surface area contributed by atoms with Gasteiger partial charge in [0, 0.05) is 16.3 Å². The number of anilines is 2. The van der Waals surface area contributed by atoms with Crippen molar-refractivity contribution in [1.82, 2.24) is 0 Å². The normalized spacial score (nSPS) is 10.5. The molecule has 0 aliphatic heterocycles. The zero-order valence-electron chi connectivity index (χ0n) is 17.2. The Kier molecular flexibility index (Phi) is 7.09. The first kappa shape index (κ1) is 22.5. The van der Waals surface area contributed by atoms with Crippen molar-refractivity contribution >= 4 is 51.4 Å². The van der Waals surface area contributed by atoms with Crippen molar-refractivity contribution in [2.45, 2.75) is 20.8 Å². The zero-order chi connectivity index (χ0) is 22.5. The molecular formula is C23H21ClN2O4S. The lowest BCUT2D eigenvalue weighted by Gasteiger charge is -2.07. The van der Waals surface area contributed by atoms with Crippen LogP contribution >= 0.6 is 22.9 Å². The van der Waals surface area contributed by atoms with E-state index >= 15 is 0 Å². The second-order valence-electron chi connectivity index (χ2n) is 6.77. The lowest BCUT2D eigenvalue weighted by Crippen LogP contribution is -2.15. The van der Waals surface area contributed by atoms with E-state index in [1.165, 1.54) is 0 Å². The predicted molar refractivity (Wildman–Crippen MR) is 124 cm³/mol. The van der Waals surface area contributed by atoms with Gasteiger partial charge in [-0.05, 0) is 56.7 Å². The minimum Gasteiger partial charge on any atom is -0.462 e. The molecule has 3 aromatic rings. The summed E-state index contributed by atoms with van der Waals surface area (Å²) in [4.78, 5) is 38.4. The lowest BCUT2D eigenvalue weighted by molar-refractivity contribution is 0.0527. The van der Waals surface area contributed by atoms with Gasteiger partial charge in [0.2, 0.25) is 0 Å². The number of aryl methyl sites for hydroxylation is 1. The van der Waals surface area contributed by atoms with E-state index in [2.05, 4.69) is 10.6 Å². The molecule has 0 aliphatic rings. The fraction of sp³-hybridized carbons (Fsp3) is 0.174. The number of halogens is 1. The van der Waals surface area contributed by atoms with Crippen LogP contribution in [0.3, 0.4) is 0 Å². The summed E-state index contributed by atoms with van der Waals surface area (Å²) < 4.78 is 5.15. The van der Waals surface area contributed by atoms with Crippen molar-refractivity contribution in [1.29, 1.82) is 0 Å². The molecule has 0 saturated heterocycles. The van der Waals surface area contributed by atoms with Crippen LogP contribution in [0.2, 0.25) is 5.02 Å². The lowest BCUT2D eigenvalue weighted by atomic mass is 10.1. The molecule has 2 N–H and O–H groups in total. The third-order valence-corrected chi connectivity index (χ3v) is 5.90. The van der Waals surface area contributed by atoms with Crippen LogP contribution in [0.1, 0.15) is 48.4 Å². The summed E-state index contributed by atoms with van der Waals surface area (Å²) in [6.07, 6.45) is 0. The summed E-state index contributed by atoms with van der Waals surface area (Å²) in [6.45, 7) is 5.44. The topological polar surface area (TPSA) is 84.5 Å². The van der Waals surface area contributed by atoms with Crippen molar-refractivity contribution < 1.29 is 19.1 Å². The number of esters is 1. The predicted octanol–water partition coefficient (Wildman–Crippen LogP) is 5.70. The SMILES string of the molecule is CCOC(=O)c1c(NC(=O)c2ccc(C)cc2)sc(C(=O)Nc2cccc(Cl)c2)c1C. The number of carbonyl (C=O) groups is 3. The van der Waals surface area contributed by atoms with E-state index in [1.807, 2.05) is 19.1 Å². The van der Waals surface area contributed by atoms with Gasteiger partial charge in [0.1, 0.15) is 5.00 Å². The molecule has 0 radical (unpaired) electrons. The number of amides is 2. The van der Waals surface area contributed by atoms with Gasteiger partial charge in [-0.25, -0.2) is 4.79 Å². The molecule has 0 spiro atoms. The molecule has 0 atom stereocenters. The van der Waals surface area contributed by atoms with E-state index in [0.717, 1.165) is 16.9 Å². The molecule has 0 bridgehead atoms. The minimum atomic E-state index is -0.600. The molecule has 31 heavy (non-hydrogen) atoms. The molecule has 8 heteroatoms. The molecule has 0 aliphatic carbocycles. The number of thiophene rings is 1. The molecule has 6 nitrogen and oxygen atoms in total. The third kappa shape index (κ3) is 5.31. The molecule has 1 aromatic heterocycles. The molecular weight excluding hydrogens is 436 g/mol. The van der Waals surface area contributed by atoms with Crippen LogP contribution in [0.4, 0.5) is 10.7 Å². The number of hydrogen-bond donors (Lipinski definition) is 2. The van der Waals surface area contributed by atoms with E-state index in [1.54, 1.807) is 50.2 Å². The van der Waals surface area contributed by atoms with Crippen molar-refractivity contribution in [3.8, 4) is 0 Å². The number of hydrogen-bond acceptors (Lipinski definition) is 5. The highest BCUT2D eigenvalue weighted by Gasteiger charge is 2.27. The number of ether oxygens (including phenoxy) is 1. The molecule has 0 unspecified atom stereocenters. The maximum Gasteiger partial charge on any atom is 0.341 e. The first-order valence-corrected chi connectivity index (χ1v) is 10.7. The van der Waals surface area contributed by atoms with Gasteiger partial charge in [0.15, 0.2) is 0 Å². The second kappa shape index (κ2) is 9.76. The number of nitrogens with one attached hydrogen (secondary N) is 2. The Bertz CT molecular complexity index is 1140. The van der Waals surface area contributed by atoms with Crippen LogP contribution < -0.4 is 10.6 Å². The summed E-state index contributed by atoms with van der Waals surface area (Å²) in [5.41, 5.74) is 2.59. The maximum atomic E-state index is 12.9. The number of benzene rings is 2. The van der Waals surface area contributed by atoms with Crippen LogP contribution in [-0.2, 0) is 4.74 Å². The molecule has 3 rings (SSSR count). The number of carbonyl (C=O) groups excluding carboxylic acids is 3. The average Bonchev–Trinajstić information content (AvgIpc) is 3.04. The Morgan fingerprint density at radius 3 is 2.35 bits per heavy atom. The zero-order valence-corrected chi connectivity index (χ0v) is 18.8. The second-order valence-corrected chi connectivity index (χ2v) is 8.22. The number of rotatable bonds is 6. The first-order valence-electron chi connectivity index (χ1n) is 9.55. The Morgan fingerprint density at radius 1 is 1.00 bits per heavy atom. The summed E-state index contributed by atoms with van der Waals surface area (Å²) in [7, 11) is 0. The molecule has 2 amide bonds. The van der Waals surface area contributed by atoms with Gasteiger partial charge in [-0.2, -0.15) is 0 Å². The Labute approximate surface area is 189 Å². The van der Waals surface area contributed by atoms with Gasteiger partial charge in [0.05, 0.1) is 17.0 Å². The highest BCUT2D eigenvalue weighted by Crippen LogP contribution is 2.35. The Morgan fingerprint density at radius 2 is 1.71 bits per heavy atom. The Balaban J connectivity index is 1.94. The maximum absolute atomic E-state index is 12.9. The van der Waals surface area contributed by atoms with Crippen molar-refractivity contribution in [2.24, 2.45) is 0 Å². The quantitative estimate of drug-likeness (QED) is 0.466. The summed E-state index contributed by atoms with van der Waals surface area (Å²) in [5.74, 6) is -1.39. The monoisotopic (exact) mass is 456 g/mol. The standard InChI is InChI=1S/C23H21ClN2O4S/c1-4-30-23(29)18-14(3)19(21(28)25-17-7-5-6-16(24)12-17)31-22(18)26-20(27)15-10-8-13(2)9-11-15/h5-12H,4H2,1-3H3,(H,25,28)(H,26,27). The van der Waals surface area contributed by atoms with E-state index in [-0.39, 0.29) is 23.1 Å². The molecule has 0 saturated carbocycles. The van der Waals surface area contributed by atoms with E-state index < -0.39 is 11.9 Å². The Hall–Kier alpha value is -3.16. The summed E-state index contributed by atoms with van der Waals surface area (Å²) in [6, 6.07) is 13.8. The minimum absolute atomic E-state index is 0.170. The van der Waals surface area contributed by atoms with E-state index in [9.17, 15) is 14.4 Å². The van der Waals surface area contributed by atoms with Crippen LogP contribution in [0.5, 0.6) is 0 Å². The molecule has 160 valence electrons. The van der Waals surface area contributed by atoms with Crippen LogP contribution in [0, 0.1) is 13.8 Å². The van der Waals surface area contributed by atoms with Crippen LogP contribution in [-0.4, -0.2) is 24.4 Å². The summed E-state index contributed by atoms with van der Waals surface area (Å²) in [5, 5.41) is 6.26. The fourth-order valence-electron chi connectivity index (χ4n) is 2.90. The van der Waals surface area contributed by atoms with Gasteiger partial charge in [0.25, 0.3) is 11.8 Å².